The maximum Gasteiger partial charge on any atom is 0.193 e. The van der Waals surface area contributed by atoms with Gasteiger partial charge in [0.1, 0.15) is 0 Å². The van der Waals surface area contributed by atoms with Crippen LogP contribution in [0.15, 0.2) is 29.3 Å². The Morgan fingerprint density at radius 3 is 2.70 bits per heavy atom. The molecule has 0 bridgehead atoms. The lowest BCUT2D eigenvalue weighted by molar-refractivity contribution is 0.0689. The van der Waals surface area contributed by atoms with Gasteiger partial charge in [0.05, 0.1) is 13.2 Å². The van der Waals surface area contributed by atoms with E-state index < -0.39 is 0 Å². The SMILES string of the molecule is CN=C(NCCCCOCCOC)N(C)Cc1ccccc1Cl. The maximum absolute atomic E-state index is 6.20. The number of hydrogen-bond acceptors (Lipinski definition) is 3. The van der Waals surface area contributed by atoms with Gasteiger partial charge in [0.15, 0.2) is 5.96 Å². The molecule has 1 rings (SSSR count). The van der Waals surface area contributed by atoms with E-state index in [9.17, 15) is 0 Å². The summed E-state index contributed by atoms with van der Waals surface area (Å²) in [6.07, 6.45) is 2.05. The molecule has 0 spiro atoms. The van der Waals surface area contributed by atoms with E-state index in [1.54, 1.807) is 14.2 Å². The molecule has 0 fully saturated rings. The highest BCUT2D eigenvalue weighted by molar-refractivity contribution is 6.31. The number of nitrogens with zero attached hydrogens (tertiary/aromatic N) is 2. The molecule has 0 unspecified atom stereocenters. The van der Waals surface area contributed by atoms with Crippen molar-refractivity contribution in [1.82, 2.24) is 10.2 Å². The zero-order valence-electron chi connectivity index (χ0n) is 14.3. The monoisotopic (exact) mass is 341 g/mol. The summed E-state index contributed by atoms with van der Waals surface area (Å²) in [5.41, 5.74) is 1.09. The molecule has 0 aliphatic rings. The first-order chi connectivity index (χ1) is 11.2. The summed E-state index contributed by atoms with van der Waals surface area (Å²) in [7, 11) is 5.48. The fourth-order valence-electron chi connectivity index (χ4n) is 2.12. The molecule has 0 heterocycles. The van der Waals surface area contributed by atoms with E-state index in [1.807, 2.05) is 31.3 Å². The maximum atomic E-state index is 6.20. The summed E-state index contributed by atoms with van der Waals surface area (Å²) < 4.78 is 10.4. The quantitative estimate of drug-likeness (QED) is 0.404. The fourth-order valence-corrected chi connectivity index (χ4v) is 2.31. The zero-order valence-corrected chi connectivity index (χ0v) is 15.1. The van der Waals surface area contributed by atoms with Crippen LogP contribution in [0, 0.1) is 0 Å². The van der Waals surface area contributed by atoms with Gasteiger partial charge < -0.3 is 19.7 Å². The predicted octanol–water partition coefficient (Wildman–Crippen LogP) is 2.79. The van der Waals surface area contributed by atoms with Gasteiger partial charge in [0, 0.05) is 45.9 Å². The van der Waals surface area contributed by atoms with Crippen LogP contribution in [0.1, 0.15) is 18.4 Å². The van der Waals surface area contributed by atoms with E-state index in [2.05, 4.69) is 15.2 Å². The molecule has 23 heavy (non-hydrogen) atoms. The van der Waals surface area contributed by atoms with Crippen LogP contribution in [0.25, 0.3) is 0 Å². The van der Waals surface area contributed by atoms with Crippen molar-refractivity contribution in [2.24, 2.45) is 4.99 Å². The van der Waals surface area contributed by atoms with Crippen molar-refractivity contribution >= 4 is 17.6 Å². The Balaban J connectivity index is 2.24. The topological polar surface area (TPSA) is 46.1 Å². The second kappa shape index (κ2) is 12.2. The molecule has 1 N–H and O–H groups in total. The average molecular weight is 342 g/mol. The van der Waals surface area contributed by atoms with Gasteiger partial charge in [-0.15, -0.1) is 0 Å². The number of ether oxygens (including phenoxy) is 2. The van der Waals surface area contributed by atoms with Crippen molar-refractivity contribution in [3.05, 3.63) is 34.9 Å². The molecule has 0 saturated heterocycles. The molecule has 130 valence electrons. The summed E-state index contributed by atoms with van der Waals surface area (Å²) in [6, 6.07) is 7.87. The smallest absolute Gasteiger partial charge is 0.193 e. The highest BCUT2D eigenvalue weighted by Crippen LogP contribution is 2.16. The van der Waals surface area contributed by atoms with E-state index in [0.29, 0.717) is 13.2 Å². The minimum Gasteiger partial charge on any atom is -0.382 e. The molecular weight excluding hydrogens is 314 g/mol. The van der Waals surface area contributed by atoms with Gasteiger partial charge >= 0.3 is 0 Å². The lowest BCUT2D eigenvalue weighted by Crippen LogP contribution is -2.39. The van der Waals surface area contributed by atoms with Gasteiger partial charge in [0.25, 0.3) is 0 Å². The van der Waals surface area contributed by atoms with E-state index >= 15 is 0 Å². The highest BCUT2D eigenvalue weighted by Gasteiger charge is 2.08. The number of aliphatic imine (C=N–C) groups is 1. The third-order valence-electron chi connectivity index (χ3n) is 3.37. The van der Waals surface area contributed by atoms with E-state index in [4.69, 9.17) is 21.1 Å². The molecule has 1 aromatic rings. The molecule has 1 aromatic carbocycles. The first-order valence-corrected chi connectivity index (χ1v) is 8.28. The number of halogens is 1. The van der Waals surface area contributed by atoms with Gasteiger partial charge in [0.2, 0.25) is 0 Å². The molecule has 5 nitrogen and oxygen atoms in total. The number of hydrogen-bond donors (Lipinski definition) is 1. The molecule has 6 heteroatoms. The fraction of sp³-hybridized carbons (Fsp3) is 0.588. The van der Waals surface area contributed by atoms with Crippen molar-refractivity contribution < 1.29 is 9.47 Å². The van der Waals surface area contributed by atoms with Gasteiger partial charge in [-0.25, -0.2) is 0 Å². The molecule has 0 amide bonds. The lowest BCUT2D eigenvalue weighted by atomic mass is 10.2. The number of guanidine groups is 1. The Labute approximate surface area is 144 Å². The number of unbranched alkanes of at least 4 members (excludes halogenated alkanes) is 1. The highest BCUT2D eigenvalue weighted by atomic mass is 35.5. The number of methoxy groups -OCH3 is 1. The Morgan fingerprint density at radius 2 is 2.00 bits per heavy atom. The number of benzene rings is 1. The summed E-state index contributed by atoms with van der Waals surface area (Å²) in [5, 5.41) is 4.14. The Kier molecular flexibility index (Phi) is 10.4. The largest absolute Gasteiger partial charge is 0.382 e. The van der Waals surface area contributed by atoms with Crippen LogP contribution in [-0.2, 0) is 16.0 Å². The van der Waals surface area contributed by atoms with Crippen LogP contribution in [0.4, 0.5) is 0 Å². The van der Waals surface area contributed by atoms with Crippen LogP contribution in [0.5, 0.6) is 0 Å². The van der Waals surface area contributed by atoms with E-state index in [-0.39, 0.29) is 0 Å². The third kappa shape index (κ3) is 8.21. The van der Waals surface area contributed by atoms with Crippen molar-refractivity contribution in [2.75, 3.05) is 47.6 Å². The van der Waals surface area contributed by atoms with Crippen molar-refractivity contribution in [2.45, 2.75) is 19.4 Å². The second-order valence-corrected chi connectivity index (χ2v) is 5.64. The summed E-state index contributed by atoms with van der Waals surface area (Å²) >= 11 is 6.20. The van der Waals surface area contributed by atoms with Gasteiger partial charge in [-0.05, 0) is 24.5 Å². The summed E-state index contributed by atoms with van der Waals surface area (Å²) in [4.78, 5) is 6.38. The minimum absolute atomic E-state index is 0.651. The molecule has 0 aromatic heterocycles. The van der Waals surface area contributed by atoms with Crippen LogP contribution in [0.3, 0.4) is 0 Å². The molecule has 0 saturated carbocycles. The first kappa shape index (κ1) is 19.7. The van der Waals surface area contributed by atoms with E-state index in [0.717, 1.165) is 49.1 Å². The third-order valence-corrected chi connectivity index (χ3v) is 3.74. The van der Waals surface area contributed by atoms with Gasteiger partial charge in [-0.1, -0.05) is 29.8 Å². The Morgan fingerprint density at radius 1 is 1.22 bits per heavy atom. The minimum atomic E-state index is 0.651. The summed E-state index contributed by atoms with van der Waals surface area (Å²) in [6.45, 7) is 3.66. The Hall–Kier alpha value is -1.30. The molecule has 0 aliphatic carbocycles. The Bertz CT molecular complexity index is 469. The summed E-state index contributed by atoms with van der Waals surface area (Å²) in [5.74, 6) is 0.866. The van der Waals surface area contributed by atoms with Crippen LogP contribution in [-0.4, -0.2) is 58.4 Å². The van der Waals surface area contributed by atoms with Gasteiger partial charge in [-0.3, -0.25) is 4.99 Å². The molecule has 0 radical (unpaired) electrons. The van der Waals surface area contributed by atoms with Crippen LogP contribution < -0.4 is 5.32 Å². The first-order valence-electron chi connectivity index (χ1n) is 7.91. The normalized spacial score (nSPS) is 11.6. The van der Waals surface area contributed by atoms with Gasteiger partial charge in [-0.2, -0.15) is 0 Å². The van der Waals surface area contributed by atoms with Crippen molar-refractivity contribution in [1.29, 1.82) is 0 Å². The molecular formula is C17H28ClN3O2. The molecule has 0 atom stereocenters. The lowest BCUT2D eigenvalue weighted by Gasteiger charge is -2.22. The number of nitrogens with one attached hydrogen (secondary N) is 1. The standard InChI is InChI=1S/C17H28ClN3O2/c1-19-17(20-10-6-7-11-23-13-12-22-3)21(2)14-15-8-4-5-9-16(15)18/h4-5,8-9H,6-7,10-14H2,1-3H3,(H,19,20). The number of rotatable bonds is 10. The van der Waals surface area contributed by atoms with Crippen LogP contribution >= 0.6 is 11.6 Å². The van der Waals surface area contributed by atoms with Crippen molar-refractivity contribution in [3.8, 4) is 0 Å². The predicted molar refractivity (Wildman–Crippen MR) is 96.2 cm³/mol. The second-order valence-electron chi connectivity index (χ2n) is 5.23. The zero-order chi connectivity index (χ0) is 16.9. The molecule has 0 aliphatic heterocycles. The van der Waals surface area contributed by atoms with Crippen LogP contribution in [0.2, 0.25) is 5.02 Å². The van der Waals surface area contributed by atoms with E-state index in [1.165, 1.54) is 0 Å². The van der Waals surface area contributed by atoms with Crippen molar-refractivity contribution in [3.63, 3.8) is 0 Å². The average Bonchev–Trinajstić information content (AvgIpc) is 2.55.